The molecule has 1 atom stereocenters. The van der Waals surface area contributed by atoms with Crippen molar-refractivity contribution in [2.45, 2.75) is 26.2 Å². The van der Waals surface area contributed by atoms with Crippen LogP contribution < -0.4 is 4.90 Å². The van der Waals surface area contributed by atoms with Crippen molar-refractivity contribution in [3.05, 3.63) is 36.2 Å². The Morgan fingerprint density at radius 1 is 1.28 bits per heavy atom. The summed E-state index contributed by atoms with van der Waals surface area (Å²) in [5.74, 6) is 0.791. The third kappa shape index (κ3) is 4.58. The van der Waals surface area contributed by atoms with Crippen molar-refractivity contribution in [2.24, 2.45) is 11.0 Å². The molecule has 3 heterocycles. The Morgan fingerprint density at radius 3 is 2.79 bits per heavy atom. The monoisotopic (exact) mass is 397 g/mol. The van der Waals surface area contributed by atoms with Gasteiger partial charge >= 0.3 is 0 Å². The van der Waals surface area contributed by atoms with Gasteiger partial charge in [-0.3, -0.25) is 14.6 Å². The first kappa shape index (κ1) is 19.4. The van der Waals surface area contributed by atoms with E-state index < -0.39 is 0 Å². The second-order valence-corrected chi connectivity index (χ2v) is 7.83. The van der Waals surface area contributed by atoms with Crippen LogP contribution in [-0.2, 0) is 14.3 Å². The summed E-state index contributed by atoms with van der Waals surface area (Å²) < 4.78 is 5.54. The van der Waals surface area contributed by atoms with Crippen molar-refractivity contribution in [1.29, 1.82) is 0 Å². The second kappa shape index (κ2) is 8.63. The van der Waals surface area contributed by atoms with Crippen LogP contribution in [0.2, 0.25) is 0 Å². The molecule has 1 unspecified atom stereocenters. The highest BCUT2D eigenvalue weighted by Crippen LogP contribution is 2.25. The lowest BCUT2D eigenvalue weighted by molar-refractivity contribution is -0.143. The van der Waals surface area contributed by atoms with Gasteiger partial charge in [0.1, 0.15) is 6.54 Å². The average molecular weight is 397 g/mol. The summed E-state index contributed by atoms with van der Waals surface area (Å²) in [4.78, 5) is 33.1. The Labute approximate surface area is 170 Å². The number of nitrogens with zero attached hydrogens (tertiary/aromatic N) is 5. The molecule has 1 aliphatic carbocycles. The van der Waals surface area contributed by atoms with E-state index in [4.69, 9.17) is 4.74 Å². The molecule has 0 bridgehead atoms. The lowest BCUT2D eigenvalue weighted by Gasteiger charge is -2.36. The van der Waals surface area contributed by atoms with E-state index in [1.807, 2.05) is 18.3 Å². The molecule has 154 valence electrons. The van der Waals surface area contributed by atoms with Gasteiger partial charge in [0.25, 0.3) is 5.91 Å². The van der Waals surface area contributed by atoms with Gasteiger partial charge in [-0.15, -0.1) is 5.10 Å². The van der Waals surface area contributed by atoms with E-state index in [-0.39, 0.29) is 25.0 Å². The summed E-state index contributed by atoms with van der Waals surface area (Å²) in [7, 11) is 0. The zero-order valence-electron chi connectivity index (χ0n) is 16.8. The molecular formula is C21H27N5O3. The van der Waals surface area contributed by atoms with Crippen molar-refractivity contribution < 1.29 is 14.3 Å². The van der Waals surface area contributed by atoms with Gasteiger partial charge in [-0.2, -0.15) is 0 Å². The molecule has 1 aromatic heterocycles. The second-order valence-electron chi connectivity index (χ2n) is 7.83. The largest absolute Gasteiger partial charge is 0.466 e. The van der Waals surface area contributed by atoms with E-state index >= 15 is 0 Å². The van der Waals surface area contributed by atoms with Gasteiger partial charge in [-0.05, 0) is 37.3 Å². The summed E-state index contributed by atoms with van der Waals surface area (Å²) in [6.07, 6.45) is 8.70. The highest BCUT2D eigenvalue weighted by molar-refractivity contribution is 5.98. The number of piperazine rings is 1. The number of pyridine rings is 1. The molecule has 0 saturated carbocycles. The molecule has 0 N–H and O–H groups in total. The summed E-state index contributed by atoms with van der Waals surface area (Å²) in [5.41, 5.74) is 2.10. The average Bonchev–Trinajstić information content (AvgIpc) is 2.76. The fourth-order valence-electron chi connectivity index (χ4n) is 3.82. The number of hydrogen-bond acceptors (Lipinski definition) is 6. The number of hydrazone groups is 1. The van der Waals surface area contributed by atoms with Gasteiger partial charge < -0.3 is 14.5 Å². The molecule has 0 radical (unpaired) electrons. The third-order valence-electron chi connectivity index (χ3n) is 5.71. The molecule has 0 aromatic carbocycles. The molecule has 0 spiro atoms. The molecule has 3 aliphatic rings. The standard InChI is InChI=1S/C21H27N5O3/c1-16-4-6-17(7-5-16)21-23-26(20(28)15-29-21)14-19(27)25-11-9-24(10-12-25)18-3-2-8-22-13-18/h2-3,6,8,13,16H,4-5,7,9-12,14-15H2,1H3. The van der Waals surface area contributed by atoms with Crippen LogP contribution >= 0.6 is 0 Å². The minimum absolute atomic E-state index is 0.0394. The molecule has 8 nitrogen and oxygen atoms in total. The first-order valence-corrected chi connectivity index (χ1v) is 10.2. The van der Waals surface area contributed by atoms with Crippen LogP contribution in [0.3, 0.4) is 0 Å². The van der Waals surface area contributed by atoms with E-state index in [1.54, 1.807) is 11.1 Å². The Hall–Kier alpha value is -2.90. The Kier molecular flexibility index (Phi) is 5.78. The SMILES string of the molecule is CC1CC=C(C2=NN(CC(=O)N3CCN(c4cccnc4)CC3)C(=O)CO2)CC1. The highest BCUT2D eigenvalue weighted by atomic mass is 16.5. The molecule has 1 aromatic rings. The van der Waals surface area contributed by atoms with Crippen LogP contribution in [0.25, 0.3) is 0 Å². The van der Waals surface area contributed by atoms with Crippen LogP contribution in [0.15, 0.2) is 41.3 Å². The topological polar surface area (TPSA) is 78.3 Å². The maximum Gasteiger partial charge on any atom is 0.281 e. The predicted octanol–water partition coefficient (Wildman–Crippen LogP) is 1.65. The van der Waals surface area contributed by atoms with Crippen LogP contribution in [0, 0.1) is 5.92 Å². The first-order chi connectivity index (χ1) is 14.1. The van der Waals surface area contributed by atoms with Crippen molar-refractivity contribution in [3.8, 4) is 0 Å². The molecule has 2 amide bonds. The third-order valence-corrected chi connectivity index (χ3v) is 5.71. The van der Waals surface area contributed by atoms with Crippen molar-refractivity contribution >= 4 is 23.4 Å². The molecule has 8 heteroatoms. The first-order valence-electron chi connectivity index (χ1n) is 10.2. The van der Waals surface area contributed by atoms with Gasteiger partial charge in [0.05, 0.1) is 11.9 Å². The molecular weight excluding hydrogens is 370 g/mol. The number of aromatic nitrogens is 1. The van der Waals surface area contributed by atoms with Crippen LogP contribution in [0.5, 0.6) is 0 Å². The molecule has 2 aliphatic heterocycles. The highest BCUT2D eigenvalue weighted by Gasteiger charge is 2.29. The predicted molar refractivity (Wildman–Crippen MR) is 109 cm³/mol. The van der Waals surface area contributed by atoms with Gasteiger partial charge in [-0.25, -0.2) is 5.01 Å². The number of hydrogen-bond donors (Lipinski definition) is 0. The van der Waals surface area contributed by atoms with Crippen LogP contribution in [0.1, 0.15) is 26.2 Å². The summed E-state index contributed by atoms with van der Waals surface area (Å²) in [5, 5.41) is 5.62. The Balaban J connectivity index is 1.35. The van der Waals surface area contributed by atoms with Gasteiger partial charge in [0.2, 0.25) is 11.8 Å². The maximum absolute atomic E-state index is 12.8. The summed E-state index contributed by atoms with van der Waals surface area (Å²) >= 11 is 0. The van der Waals surface area contributed by atoms with E-state index in [9.17, 15) is 9.59 Å². The quantitative estimate of drug-likeness (QED) is 0.772. The lowest BCUT2D eigenvalue weighted by atomic mass is 9.91. The van der Waals surface area contributed by atoms with Gasteiger partial charge in [0.15, 0.2) is 6.61 Å². The van der Waals surface area contributed by atoms with Gasteiger partial charge in [-0.1, -0.05) is 13.0 Å². The molecule has 1 fully saturated rings. The minimum Gasteiger partial charge on any atom is -0.466 e. The van der Waals surface area contributed by atoms with E-state index in [0.29, 0.717) is 24.9 Å². The number of carbonyl (C=O) groups excluding carboxylic acids is 2. The summed E-state index contributed by atoms with van der Waals surface area (Å²) in [6, 6.07) is 3.93. The van der Waals surface area contributed by atoms with Crippen molar-refractivity contribution in [3.63, 3.8) is 0 Å². The molecule has 29 heavy (non-hydrogen) atoms. The number of rotatable bonds is 4. The maximum atomic E-state index is 12.8. The smallest absolute Gasteiger partial charge is 0.281 e. The minimum atomic E-state index is -0.277. The fourth-order valence-corrected chi connectivity index (χ4v) is 3.82. The number of carbonyl (C=O) groups is 2. The summed E-state index contributed by atoms with van der Waals surface area (Å²) in [6.45, 7) is 4.84. The molecule has 1 saturated heterocycles. The van der Waals surface area contributed by atoms with E-state index in [1.165, 1.54) is 5.01 Å². The number of ether oxygens (including phenoxy) is 1. The van der Waals surface area contributed by atoms with Crippen LogP contribution in [0.4, 0.5) is 5.69 Å². The number of allylic oxidation sites excluding steroid dienone is 1. The zero-order valence-corrected chi connectivity index (χ0v) is 16.8. The fraction of sp³-hybridized carbons (Fsp3) is 0.524. The molecule has 4 rings (SSSR count). The van der Waals surface area contributed by atoms with Crippen molar-refractivity contribution in [2.75, 3.05) is 44.2 Å². The Morgan fingerprint density at radius 2 is 2.10 bits per heavy atom. The number of amides is 2. The zero-order chi connectivity index (χ0) is 20.2. The van der Waals surface area contributed by atoms with E-state index in [0.717, 1.165) is 43.6 Å². The normalized spacial score (nSPS) is 22.7. The lowest BCUT2D eigenvalue weighted by Crippen LogP contribution is -2.52. The Bertz CT molecular complexity index is 815. The number of anilines is 1. The van der Waals surface area contributed by atoms with E-state index in [2.05, 4.69) is 28.0 Å². The van der Waals surface area contributed by atoms with Gasteiger partial charge in [0, 0.05) is 37.9 Å². The van der Waals surface area contributed by atoms with Crippen molar-refractivity contribution in [1.82, 2.24) is 14.9 Å². The van der Waals surface area contributed by atoms with Crippen LogP contribution in [-0.4, -0.2) is 71.9 Å².